The summed E-state index contributed by atoms with van der Waals surface area (Å²) in [6.07, 6.45) is 0.931. The lowest BCUT2D eigenvalue weighted by molar-refractivity contribution is -0.0893. The average molecular weight is 248 g/mol. The average Bonchev–Trinajstić information content (AvgIpc) is 2.24. The molecule has 1 aromatic carbocycles. The van der Waals surface area contributed by atoms with E-state index >= 15 is 0 Å². The number of hydrogen-bond donors (Lipinski definition) is 2. The van der Waals surface area contributed by atoms with Crippen molar-refractivity contribution in [1.82, 2.24) is 0 Å². The molecule has 0 amide bonds. The van der Waals surface area contributed by atoms with Crippen LogP contribution in [0.1, 0.15) is 40.2 Å². The van der Waals surface area contributed by atoms with E-state index in [0.29, 0.717) is 0 Å². The molecule has 0 fully saturated rings. The Labute approximate surface area is 111 Å². The molecule has 0 atom stereocenters. The molecule has 0 unspecified atom stereocenters. The van der Waals surface area contributed by atoms with Crippen LogP contribution in [0.15, 0.2) is 18.2 Å². The van der Waals surface area contributed by atoms with Crippen LogP contribution in [0.2, 0.25) is 0 Å². The fourth-order valence-electron chi connectivity index (χ4n) is 1.38. The lowest BCUT2D eigenvalue weighted by atomic mass is 9.81. The van der Waals surface area contributed by atoms with Gasteiger partial charge in [-0.05, 0) is 51.8 Å². The minimum atomic E-state index is -0.919. The zero-order valence-corrected chi connectivity index (χ0v) is 11.9. The number of aliphatic hydroxyl groups is 1. The molecule has 0 bridgehead atoms. The first-order chi connectivity index (χ1) is 8.15. The molecule has 0 saturated carbocycles. The third-order valence-corrected chi connectivity index (χ3v) is 3.41. The van der Waals surface area contributed by atoms with Crippen molar-refractivity contribution >= 4 is 18.6 Å². The smallest absolute Gasteiger partial charge is 0.330 e. The molecule has 0 aliphatic heterocycles. The van der Waals surface area contributed by atoms with Gasteiger partial charge in [0, 0.05) is 5.69 Å². The molecule has 0 aliphatic carbocycles. The Morgan fingerprint density at radius 2 is 1.83 bits per heavy atom. The number of rotatable bonds is 5. The van der Waals surface area contributed by atoms with Crippen LogP contribution in [0.25, 0.3) is 0 Å². The highest BCUT2D eigenvalue weighted by molar-refractivity contribution is 6.47. The lowest BCUT2D eigenvalue weighted by Crippen LogP contribution is -2.49. The van der Waals surface area contributed by atoms with E-state index in [1.54, 1.807) is 21.3 Å². The van der Waals surface area contributed by atoms with Gasteiger partial charge >= 0.3 is 7.48 Å². The minimum Gasteiger partial charge on any atom is -0.427 e. The highest BCUT2D eigenvalue weighted by Gasteiger charge is 2.35. The summed E-state index contributed by atoms with van der Waals surface area (Å²) in [5.74, 6) is 0. The molecule has 0 aliphatic rings. The van der Waals surface area contributed by atoms with Gasteiger partial charge in [0.2, 0.25) is 0 Å². The highest BCUT2D eigenvalue weighted by atomic mass is 16.5. The second-order valence-corrected chi connectivity index (χ2v) is 5.67. The third kappa shape index (κ3) is 3.75. The van der Waals surface area contributed by atoms with Gasteiger partial charge in [-0.15, -0.1) is 0 Å². The van der Waals surface area contributed by atoms with Crippen molar-refractivity contribution in [2.24, 2.45) is 0 Å². The molecule has 18 heavy (non-hydrogen) atoms. The third-order valence-electron chi connectivity index (χ3n) is 3.41. The van der Waals surface area contributed by atoms with Crippen molar-refractivity contribution in [2.75, 3.05) is 5.73 Å². The van der Waals surface area contributed by atoms with Crippen LogP contribution in [0, 0.1) is 0 Å². The second-order valence-electron chi connectivity index (χ2n) is 5.67. The first-order valence-electron chi connectivity index (χ1n) is 6.28. The van der Waals surface area contributed by atoms with Gasteiger partial charge in [0.15, 0.2) is 0 Å². The fourth-order valence-corrected chi connectivity index (χ4v) is 1.38. The Hall–Kier alpha value is -0.995. The van der Waals surface area contributed by atoms with Crippen molar-refractivity contribution in [3.8, 4) is 0 Å². The number of aryl methyl sites for hydroxylation is 1. The molecule has 0 saturated heterocycles. The number of benzene rings is 1. The molecule has 99 valence electrons. The summed E-state index contributed by atoms with van der Waals surface area (Å²) in [6, 6.07) is 5.86. The van der Waals surface area contributed by atoms with Gasteiger partial charge in [-0.3, -0.25) is 0 Å². The van der Waals surface area contributed by atoms with Crippen molar-refractivity contribution in [2.45, 2.75) is 52.2 Å². The zero-order valence-electron chi connectivity index (χ0n) is 11.9. The predicted octanol–water partition coefficient (Wildman–Crippen LogP) is 1.64. The van der Waals surface area contributed by atoms with Crippen LogP contribution in [0.3, 0.4) is 0 Å². The van der Waals surface area contributed by atoms with E-state index in [1.165, 1.54) is 5.56 Å². The summed E-state index contributed by atoms with van der Waals surface area (Å²) in [5, 5.41) is 10.0. The first-order valence-corrected chi connectivity index (χ1v) is 6.28. The predicted molar refractivity (Wildman–Crippen MR) is 77.1 cm³/mol. The van der Waals surface area contributed by atoms with E-state index in [1.807, 2.05) is 32.0 Å². The summed E-state index contributed by atoms with van der Waals surface area (Å²) in [5.41, 5.74) is 7.07. The monoisotopic (exact) mass is 248 g/mol. The summed E-state index contributed by atoms with van der Waals surface area (Å²) in [4.78, 5) is 0. The molecular formula is C14H23BNO2. The normalized spacial score (nSPS) is 12.6. The van der Waals surface area contributed by atoms with Gasteiger partial charge in [-0.2, -0.15) is 0 Å². The Morgan fingerprint density at radius 3 is 2.33 bits per heavy atom. The quantitative estimate of drug-likeness (QED) is 0.615. The van der Waals surface area contributed by atoms with E-state index in [4.69, 9.17) is 10.4 Å². The SMILES string of the molecule is CCc1cc(N)cc([B]OC(C)(C)C(C)(C)O)c1. The van der Waals surface area contributed by atoms with E-state index in [-0.39, 0.29) is 0 Å². The Bertz CT molecular complexity index is 411. The summed E-state index contributed by atoms with van der Waals surface area (Å²) < 4.78 is 5.70. The number of nitrogens with two attached hydrogens (primary N) is 1. The van der Waals surface area contributed by atoms with Crippen molar-refractivity contribution < 1.29 is 9.76 Å². The maximum atomic E-state index is 10.0. The van der Waals surface area contributed by atoms with Crippen LogP contribution in [-0.4, -0.2) is 23.8 Å². The molecular weight excluding hydrogens is 225 g/mol. The lowest BCUT2D eigenvalue weighted by Gasteiger charge is -2.37. The van der Waals surface area contributed by atoms with Gasteiger partial charge < -0.3 is 15.5 Å². The van der Waals surface area contributed by atoms with Crippen LogP contribution < -0.4 is 11.2 Å². The van der Waals surface area contributed by atoms with Crippen LogP contribution in [0.5, 0.6) is 0 Å². The van der Waals surface area contributed by atoms with Gasteiger partial charge in [0.05, 0.1) is 11.2 Å². The van der Waals surface area contributed by atoms with E-state index in [9.17, 15) is 5.11 Å². The molecule has 3 nitrogen and oxygen atoms in total. The molecule has 1 aromatic rings. The standard InChI is InChI=1S/C14H23BNO2/c1-6-10-7-11(9-12(16)8-10)15-18-14(4,5)13(2,3)17/h7-9,17H,6,16H2,1-5H3. The summed E-state index contributed by atoms with van der Waals surface area (Å²) in [6.45, 7) is 9.27. The molecule has 4 heteroatoms. The Balaban J connectivity index is 2.78. The van der Waals surface area contributed by atoms with Gasteiger partial charge in [0.25, 0.3) is 0 Å². The van der Waals surface area contributed by atoms with E-state index in [0.717, 1.165) is 17.6 Å². The molecule has 3 N–H and O–H groups in total. The molecule has 1 radical (unpaired) electrons. The summed E-state index contributed by atoms with van der Waals surface area (Å²) in [7, 11) is 1.66. The van der Waals surface area contributed by atoms with E-state index in [2.05, 4.69) is 6.92 Å². The molecule has 0 heterocycles. The van der Waals surface area contributed by atoms with Gasteiger partial charge in [0.1, 0.15) is 0 Å². The van der Waals surface area contributed by atoms with Crippen LogP contribution in [0.4, 0.5) is 5.69 Å². The first kappa shape index (κ1) is 15.1. The van der Waals surface area contributed by atoms with Crippen molar-refractivity contribution in [3.05, 3.63) is 23.8 Å². The maximum Gasteiger partial charge on any atom is 0.330 e. The molecule has 1 rings (SSSR count). The minimum absolute atomic E-state index is 0.663. The zero-order chi connectivity index (χ0) is 14.0. The number of nitrogen functional groups attached to an aromatic ring is 1. The van der Waals surface area contributed by atoms with Crippen LogP contribution in [-0.2, 0) is 11.1 Å². The molecule has 0 spiro atoms. The van der Waals surface area contributed by atoms with Crippen molar-refractivity contribution in [3.63, 3.8) is 0 Å². The topological polar surface area (TPSA) is 55.5 Å². The van der Waals surface area contributed by atoms with Gasteiger partial charge in [-0.25, -0.2) is 0 Å². The second kappa shape index (κ2) is 5.33. The number of anilines is 1. The number of hydrogen-bond acceptors (Lipinski definition) is 3. The fraction of sp³-hybridized carbons (Fsp3) is 0.571. The van der Waals surface area contributed by atoms with E-state index < -0.39 is 11.2 Å². The molecule has 0 aromatic heterocycles. The highest BCUT2D eigenvalue weighted by Crippen LogP contribution is 2.24. The summed E-state index contributed by atoms with van der Waals surface area (Å²) >= 11 is 0. The largest absolute Gasteiger partial charge is 0.427 e. The van der Waals surface area contributed by atoms with Crippen LogP contribution >= 0.6 is 0 Å². The Kier molecular flexibility index (Phi) is 4.46. The van der Waals surface area contributed by atoms with Gasteiger partial charge in [-0.1, -0.05) is 18.5 Å². The Morgan fingerprint density at radius 1 is 1.22 bits per heavy atom. The van der Waals surface area contributed by atoms with Crippen molar-refractivity contribution in [1.29, 1.82) is 0 Å². The maximum absolute atomic E-state index is 10.0.